The molecule has 3 heterocycles. The first-order valence-corrected chi connectivity index (χ1v) is 6.75. The van der Waals surface area contributed by atoms with Gasteiger partial charge >= 0.3 is 6.16 Å². The predicted octanol–water partition coefficient (Wildman–Crippen LogP) is 2.34. The van der Waals surface area contributed by atoms with Crippen LogP contribution in [0.1, 0.15) is 16.2 Å². The monoisotopic (exact) mass is 332 g/mol. The number of nitrogens with zero attached hydrogens (tertiary/aromatic N) is 4. The lowest BCUT2D eigenvalue weighted by Gasteiger charge is -2.13. The summed E-state index contributed by atoms with van der Waals surface area (Å²) >= 11 is 5.78. The topological polar surface area (TPSA) is 94.5 Å². The summed E-state index contributed by atoms with van der Waals surface area (Å²) in [6.07, 6.45) is 2.57. The van der Waals surface area contributed by atoms with Crippen LogP contribution >= 0.6 is 11.6 Å². The van der Waals surface area contributed by atoms with Gasteiger partial charge in [0, 0.05) is 6.20 Å². The number of carbonyl (C=O) groups is 2. The first-order chi connectivity index (χ1) is 11.1. The van der Waals surface area contributed by atoms with Crippen LogP contribution in [0.5, 0.6) is 5.88 Å². The molecule has 0 aliphatic carbocycles. The summed E-state index contributed by atoms with van der Waals surface area (Å²) in [5, 5.41) is 0.463. The van der Waals surface area contributed by atoms with Crippen molar-refractivity contribution in [2.45, 2.75) is 6.54 Å². The highest BCUT2D eigenvalue weighted by atomic mass is 35.5. The number of hydrogen-bond donors (Lipinski definition) is 0. The molecular weight excluding hydrogens is 324 g/mol. The molecule has 0 saturated heterocycles. The van der Waals surface area contributed by atoms with Crippen molar-refractivity contribution in [2.75, 3.05) is 4.90 Å². The smallest absolute Gasteiger partial charge is 0.403 e. The van der Waals surface area contributed by atoms with E-state index in [1.54, 1.807) is 12.1 Å². The SMILES string of the molecule is C=COC(=O)Oc1cnc2c(n1)C(=O)N(c1ccc(Cl)cn1)C2. The van der Waals surface area contributed by atoms with E-state index in [-0.39, 0.29) is 18.1 Å². The van der Waals surface area contributed by atoms with Crippen LogP contribution in [0.3, 0.4) is 0 Å². The van der Waals surface area contributed by atoms with Crippen LogP contribution < -0.4 is 9.64 Å². The van der Waals surface area contributed by atoms with Gasteiger partial charge < -0.3 is 9.47 Å². The van der Waals surface area contributed by atoms with Gasteiger partial charge in [0.05, 0.1) is 29.7 Å². The molecule has 0 unspecified atom stereocenters. The maximum Gasteiger partial charge on any atom is 0.520 e. The molecule has 9 heteroatoms. The number of anilines is 1. The average molecular weight is 333 g/mol. The van der Waals surface area contributed by atoms with Crippen LogP contribution in [0.15, 0.2) is 37.4 Å². The minimum absolute atomic E-state index is 0.0886. The van der Waals surface area contributed by atoms with Gasteiger partial charge in [0.2, 0.25) is 5.88 Å². The lowest BCUT2D eigenvalue weighted by atomic mass is 10.3. The van der Waals surface area contributed by atoms with E-state index in [2.05, 4.69) is 26.3 Å². The normalized spacial score (nSPS) is 12.7. The van der Waals surface area contributed by atoms with E-state index >= 15 is 0 Å². The zero-order chi connectivity index (χ0) is 16.4. The summed E-state index contributed by atoms with van der Waals surface area (Å²) in [6, 6.07) is 3.24. The zero-order valence-corrected chi connectivity index (χ0v) is 12.4. The summed E-state index contributed by atoms with van der Waals surface area (Å²) in [6.45, 7) is 3.44. The van der Waals surface area contributed by atoms with Gasteiger partial charge in [0.15, 0.2) is 5.69 Å². The van der Waals surface area contributed by atoms with Crippen molar-refractivity contribution in [1.82, 2.24) is 15.0 Å². The van der Waals surface area contributed by atoms with Gasteiger partial charge in [-0.25, -0.2) is 14.8 Å². The highest BCUT2D eigenvalue weighted by Gasteiger charge is 2.32. The zero-order valence-electron chi connectivity index (χ0n) is 11.6. The second-order valence-electron chi connectivity index (χ2n) is 4.37. The third-order valence-corrected chi connectivity index (χ3v) is 3.16. The molecule has 8 nitrogen and oxygen atoms in total. The molecule has 0 fully saturated rings. The number of hydrogen-bond acceptors (Lipinski definition) is 7. The van der Waals surface area contributed by atoms with E-state index in [4.69, 9.17) is 16.3 Å². The van der Waals surface area contributed by atoms with Crippen LogP contribution in [0, 0.1) is 0 Å². The molecule has 116 valence electrons. The molecule has 2 aromatic heterocycles. The summed E-state index contributed by atoms with van der Waals surface area (Å²) in [4.78, 5) is 37.2. The van der Waals surface area contributed by atoms with Gasteiger partial charge in [-0.1, -0.05) is 18.2 Å². The molecule has 2 aromatic rings. The molecular formula is C14H9ClN4O4. The second-order valence-corrected chi connectivity index (χ2v) is 4.80. The van der Waals surface area contributed by atoms with Crippen LogP contribution in [-0.4, -0.2) is 27.0 Å². The molecule has 0 aromatic carbocycles. The molecule has 0 radical (unpaired) electrons. The number of amides is 1. The Labute approximate surface area is 135 Å². The van der Waals surface area contributed by atoms with Crippen molar-refractivity contribution in [1.29, 1.82) is 0 Å². The number of fused-ring (bicyclic) bond motifs is 1. The Balaban J connectivity index is 1.84. The Hall–Kier alpha value is -3.00. The molecule has 23 heavy (non-hydrogen) atoms. The van der Waals surface area contributed by atoms with Crippen LogP contribution in [-0.2, 0) is 11.3 Å². The molecule has 0 N–H and O–H groups in total. The van der Waals surface area contributed by atoms with Gasteiger partial charge in [0.1, 0.15) is 5.82 Å². The number of aromatic nitrogens is 3. The minimum atomic E-state index is -1.02. The van der Waals surface area contributed by atoms with Crippen molar-refractivity contribution in [3.05, 3.63) is 53.8 Å². The quantitative estimate of drug-likeness (QED) is 0.628. The molecule has 0 bridgehead atoms. The van der Waals surface area contributed by atoms with Crippen LogP contribution in [0.2, 0.25) is 5.02 Å². The maximum absolute atomic E-state index is 12.4. The maximum atomic E-state index is 12.4. The largest absolute Gasteiger partial charge is 0.520 e. The molecule has 0 atom stereocenters. The highest BCUT2D eigenvalue weighted by Crippen LogP contribution is 2.26. The average Bonchev–Trinajstić information content (AvgIpc) is 2.85. The number of halogens is 1. The lowest BCUT2D eigenvalue weighted by molar-refractivity contribution is 0.0988. The first-order valence-electron chi connectivity index (χ1n) is 6.37. The fourth-order valence-electron chi connectivity index (χ4n) is 1.97. The van der Waals surface area contributed by atoms with Gasteiger partial charge in [-0.3, -0.25) is 14.7 Å². The Bertz CT molecular complexity index is 794. The second kappa shape index (κ2) is 6.01. The van der Waals surface area contributed by atoms with E-state index in [0.717, 1.165) is 6.26 Å². The van der Waals surface area contributed by atoms with Crippen LogP contribution in [0.25, 0.3) is 0 Å². The van der Waals surface area contributed by atoms with E-state index in [1.807, 2.05) is 0 Å². The standard InChI is InChI=1S/C14H9ClN4O4/c1-2-22-14(21)23-11-6-16-9-7-19(13(20)12(9)18-11)10-4-3-8(15)5-17-10/h2-6H,1,7H2. The lowest BCUT2D eigenvalue weighted by Crippen LogP contribution is -2.24. The summed E-state index contributed by atoms with van der Waals surface area (Å²) < 4.78 is 9.19. The van der Waals surface area contributed by atoms with E-state index in [9.17, 15) is 9.59 Å². The first kappa shape index (κ1) is 14.9. The Kier molecular flexibility index (Phi) is 3.90. The van der Waals surface area contributed by atoms with Crippen molar-refractivity contribution >= 4 is 29.5 Å². The van der Waals surface area contributed by atoms with Crippen molar-refractivity contribution in [2.24, 2.45) is 0 Å². The predicted molar refractivity (Wildman–Crippen MR) is 79.1 cm³/mol. The molecule has 1 aliphatic heterocycles. The molecule has 0 spiro atoms. The van der Waals surface area contributed by atoms with Gasteiger partial charge in [-0.15, -0.1) is 0 Å². The van der Waals surface area contributed by atoms with E-state index in [1.165, 1.54) is 17.3 Å². The van der Waals surface area contributed by atoms with Crippen molar-refractivity contribution in [3.63, 3.8) is 0 Å². The molecule has 0 saturated carbocycles. The van der Waals surface area contributed by atoms with Crippen LogP contribution in [0.4, 0.5) is 10.6 Å². The summed E-state index contributed by atoms with van der Waals surface area (Å²) in [7, 11) is 0. The Morgan fingerprint density at radius 1 is 1.35 bits per heavy atom. The third kappa shape index (κ3) is 2.97. The third-order valence-electron chi connectivity index (χ3n) is 2.94. The molecule has 1 aliphatic rings. The van der Waals surface area contributed by atoms with Crippen molar-refractivity contribution < 1.29 is 19.1 Å². The minimum Gasteiger partial charge on any atom is -0.403 e. The molecule has 3 rings (SSSR count). The van der Waals surface area contributed by atoms with E-state index in [0.29, 0.717) is 16.5 Å². The number of ether oxygens (including phenoxy) is 2. The summed E-state index contributed by atoms with van der Waals surface area (Å²) in [5.74, 6) is -0.118. The summed E-state index contributed by atoms with van der Waals surface area (Å²) in [5.41, 5.74) is 0.543. The van der Waals surface area contributed by atoms with E-state index < -0.39 is 12.1 Å². The van der Waals surface area contributed by atoms with Crippen molar-refractivity contribution in [3.8, 4) is 5.88 Å². The highest BCUT2D eigenvalue weighted by molar-refractivity contribution is 6.30. The fourth-order valence-corrected chi connectivity index (χ4v) is 2.09. The Morgan fingerprint density at radius 3 is 2.87 bits per heavy atom. The van der Waals surface area contributed by atoms with Gasteiger partial charge in [0.25, 0.3) is 5.91 Å². The number of rotatable bonds is 3. The van der Waals surface area contributed by atoms with Gasteiger partial charge in [-0.05, 0) is 12.1 Å². The Morgan fingerprint density at radius 2 is 2.17 bits per heavy atom. The molecule has 1 amide bonds. The number of pyridine rings is 1. The number of carbonyl (C=O) groups excluding carboxylic acids is 2. The van der Waals surface area contributed by atoms with Gasteiger partial charge in [-0.2, -0.15) is 0 Å². The fraction of sp³-hybridized carbons (Fsp3) is 0.0714.